The fourth-order valence-electron chi connectivity index (χ4n) is 3.31. The van der Waals surface area contributed by atoms with Gasteiger partial charge in [-0.25, -0.2) is 4.79 Å². The monoisotopic (exact) mass is 408 g/mol. The van der Waals surface area contributed by atoms with E-state index in [1.165, 1.54) is 0 Å². The molecule has 0 unspecified atom stereocenters. The average molecular weight is 409 g/mol. The number of carbonyl (C=O) groups excluding carboxylic acids is 2. The van der Waals surface area contributed by atoms with Crippen molar-refractivity contribution in [2.45, 2.75) is 51.7 Å². The molecule has 2 aliphatic rings. The van der Waals surface area contributed by atoms with E-state index < -0.39 is 5.60 Å². The van der Waals surface area contributed by atoms with Crippen molar-refractivity contribution in [1.29, 1.82) is 0 Å². The molecule has 1 saturated heterocycles. The van der Waals surface area contributed by atoms with Crippen molar-refractivity contribution in [2.24, 2.45) is 0 Å². The minimum Gasteiger partial charge on any atom is -0.444 e. The van der Waals surface area contributed by atoms with Gasteiger partial charge in [-0.3, -0.25) is 4.79 Å². The smallest absolute Gasteiger partial charge is 0.410 e. The second-order valence-corrected chi connectivity index (χ2v) is 8.81. The second-order valence-electron chi connectivity index (χ2n) is 8.02. The Hall–Kier alpha value is -1.56. The molecule has 0 atom stereocenters. The Kier molecular flexibility index (Phi) is 4.60. The van der Waals surface area contributed by atoms with Crippen molar-refractivity contribution < 1.29 is 14.3 Å². The molecule has 136 valence electrons. The number of piperazine rings is 1. The predicted octanol–water partition coefficient (Wildman–Crippen LogP) is 3.98. The van der Waals surface area contributed by atoms with Gasteiger partial charge in [0.2, 0.25) is 0 Å². The van der Waals surface area contributed by atoms with Crippen LogP contribution < -0.4 is 0 Å². The van der Waals surface area contributed by atoms with Crippen LogP contribution in [0, 0.1) is 6.92 Å². The van der Waals surface area contributed by atoms with E-state index in [-0.39, 0.29) is 17.5 Å². The number of benzene rings is 1. The van der Waals surface area contributed by atoms with Gasteiger partial charge in [0.15, 0.2) is 0 Å². The molecular formula is C19H25BrN2O3. The lowest BCUT2D eigenvalue weighted by molar-refractivity contribution is 0.000612. The first-order valence-corrected chi connectivity index (χ1v) is 9.47. The summed E-state index contributed by atoms with van der Waals surface area (Å²) in [7, 11) is 0. The molecule has 1 saturated carbocycles. The SMILES string of the molecule is Cc1cccc(C(=O)N2CCN(C(=O)OC(C)(C)C)CC23CC3)c1Br. The molecule has 1 spiro atoms. The third-order valence-corrected chi connectivity index (χ3v) is 5.85. The van der Waals surface area contributed by atoms with Crippen LogP contribution in [0.4, 0.5) is 4.79 Å². The number of carbonyl (C=O) groups is 2. The van der Waals surface area contributed by atoms with Crippen LogP contribution in [0.2, 0.25) is 0 Å². The van der Waals surface area contributed by atoms with E-state index in [1.54, 1.807) is 4.90 Å². The van der Waals surface area contributed by atoms with Crippen LogP contribution in [0.25, 0.3) is 0 Å². The number of hydrogen-bond acceptors (Lipinski definition) is 3. The summed E-state index contributed by atoms with van der Waals surface area (Å²) in [4.78, 5) is 29.2. The van der Waals surface area contributed by atoms with Crippen molar-refractivity contribution in [3.63, 3.8) is 0 Å². The zero-order valence-electron chi connectivity index (χ0n) is 15.3. The molecule has 2 fully saturated rings. The largest absolute Gasteiger partial charge is 0.444 e. The Morgan fingerprint density at radius 1 is 1.20 bits per heavy atom. The van der Waals surface area contributed by atoms with Gasteiger partial charge in [0.1, 0.15) is 5.60 Å². The van der Waals surface area contributed by atoms with Crippen molar-refractivity contribution in [3.05, 3.63) is 33.8 Å². The molecule has 0 N–H and O–H groups in total. The Labute approximate surface area is 157 Å². The van der Waals surface area contributed by atoms with E-state index in [1.807, 2.05) is 50.8 Å². The van der Waals surface area contributed by atoms with E-state index in [9.17, 15) is 9.59 Å². The maximum Gasteiger partial charge on any atom is 0.410 e. The topological polar surface area (TPSA) is 49.9 Å². The first-order valence-electron chi connectivity index (χ1n) is 8.68. The van der Waals surface area contributed by atoms with Gasteiger partial charge in [-0.15, -0.1) is 0 Å². The van der Waals surface area contributed by atoms with E-state index in [4.69, 9.17) is 4.74 Å². The molecule has 1 aliphatic heterocycles. The highest BCUT2D eigenvalue weighted by atomic mass is 79.9. The van der Waals surface area contributed by atoms with E-state index >= 15 is 0 Å². The molecule has 1 aliphatic carbocycles. The average Bonchev–Trinajstić information content (AvgIpc) is 3.27. The van der Waals surface area contributed by atoms with Crippen molar-refractivity contribution in [2.75, 3.05) is 19.6 Å². The Morgan fingerprint density at radius 3 is 2.48 bits per heavy atom. The molecule has 2 amide bonds. The first kappa shape index (κ1) is 18.2. The number of hydrogen-bond donors (Lipinski definition) is 0. The highest BCUT2D eigenvalue weighted by molar-refractivity contribution is 9.10. The minimum absolute atomic E-state index is 0.0388. The van der Waals surface area contributed by atoms with Gasteiger partial charge in [-0.1, -0.05) is 12.1 Å². The first-order chi connectivity index (χ1) is 11.6. The highest BCUT2D eigenvalue weighted by Gasteiger charge is 2.54. The van der Waals surface area contributed by atoms with Gasteiger partial charge in [0.25, 0.3) is 5.91 Å². The van der Waals surface area contributed by atoms with Crippen LogP contribution in [-0.2, 0) is 4.74 Å². The van der Waals surface area contributed by atoms with Crippen molar-refractivity contribution >= 4 is 27.9 Å². The van der Waals surface area contributed by atoms with Gasteiger partial charge < -0.3 is 14.5 Å². The fraction of sp³-hybridized carbons (Fsp3) is 0.579. The number of amides is 2. The van der Waals surface area contributed by atoms with Crippen molar-refractivity contribution in [3.8, 4) is 0 Å². The predicted molar refractivity (Wildman–Crippen MR) is 99.7 cm³/mol. The third kappa shape index (κ3) is 3.68. The summed E-state index contributed by atoms with van der Waals surface area (Å²) in [6.45, 7) is 9.18. The number of rotatable bonds is 1. The van der Waals surface area contributed by atoms with Crippen LogP contribution in [-0.4, -0.2) is 52.6 Å². The molecule has 1 aromatic rings. The highest BCUT2D eigenvalue weighted by Crippen LogP contribution is 2.45. The minimum atomic E-state index is -0.507. The number of ether oxygens (including phenoxy) is 1. The van der Waals surface area contributed by atoms with Crippen LogP contribution in [0.5, 0.6) is 0 Å². The normalized spacial score (nSPS) is 19.1. The summed E-state index contributed by atoms with van der Waals surface area (Å²) in [5.74, 6) is 0.0388. The molecule has 6 heteroatoms. The van der Waals surface area contributed by atoms with Crippen LogP contribution in [0.15, 0.2) is 22.7 Å². The van der Waals surface area contributed by atoms with Gasteiger partial charge >= 0.3 is 6.09 Å². The van der Waals surface area contributed by atoms with Crippen LogP contribution in [0.1, 0.15) is 49.5 Å². The second kappa shape index (κ2) is 6.31. The molecule has 0 aromatic heterocycles. The maximum absolute atomic E-state index is 13.1. The number of halogens is 1. The summed E-state index contributed by atoms with van der Waals surface area (Å²) < 4.78 is 6.34. The van der Waals surface area contributed by atoms with Gasteiger partial charge in [0, 0.05) is 24.1 Å². The molecule has 1 aromatic carbocycles. The van der Waals surface area contributed by atoms with E-state index in [2.05, 4.69) is 15.9 Å². The fourth-order valence-corrected chi connectivity index (χ4v) is 3.74. The standard InChI is InChI=1S/C19H25BrN2O3/c1-13-6-5-7-14(15(13)20)16(23)22-11-10-21(12-19(22)8-9-19)17(24)25-18(2,3)4/h5-7H,8-12H2,1-4H3. The Morgan fingerprint density at radius 2 is 1.88 bits per heavy atom. The van der Waals surface area contributed by atoms with E-state index in [0.29, 0.717) is 25.2 Å². The van der Waals surface area contributed by atoms with Gasteiger partial charge in [0.05, 0.1) is 11.1 Å². The summed E-state index contributed by atoms with van der Waals surface area (Å²) in [5, 5.41) is 0. The molecular weight excluding hydrogens is 384 g/mol. The molecule has 3 rings (SSSR count). The lowest BCUT2D eigenvalue weighted by Crippen LogP contribution is -2.58. The van der Waals surface area contributed by atoms with Crippen LogP contribution in [0.3, 0.4) is 0 Å². The summed E-state index contributed by atoms with van der Waals surface area (Å²) in [5.41, 5.74) is 1.00. The van der Waals surface area contributed by atoms with Gasteiger partial charge in [-0.2, -0.15) is 0 Å². The molecule has 5 nitrogen and oxygen atoms in total. The lowest BCUT2D eigenvalue weighted by atomic mass is 10.1. The third-order valence-electron chi connectivity index (χ3n) is 4.80. The lowest BCUT2D eigenvalue weighted by Gasteiger charge is -2.42. The van der Waals surface area contributed by atoms with E-state index in [0.717, 1.165) is 22.9 Å². The Bertz CT molecular complexity index is 707. The summed E-state index contributed by atoms with van der Waals surface area (Å²) in [6.07, 6.45) is 1.57. The molecule has 0 radical (unpaired) electrons. The van der Waals surface area contributed by atoms with Crippen molar-refractivity contribution in [1.82, 2.24) is 9.80 Å². The summed E-state index contributed by atoms with van der Waals surface area (Å²) >= 11 is 3.54. The molecule has 25 heavy (non-hydrogen) atoms. The molecule has 0 bridgehead atoms. The number of nitrogens with zero attached hydrogens (tertiary/aromatic N) is 2. The quantitative estimate of drug-likeness (QED) is 0.705. The number of aryl methyl sites for hydroxylation is 1. The van der Waals surface area contributed by atoms with Gasteiger partial charge in [-0.05, 0) is 68.1 Å². The molecule has 1 heterocycles. The Balaban J connectivity index is 1.75. The maximum atomic E-state index is 13.1. The zero-order valence-corrected chi connectivity index (χ0v) is 16.9. The summed E-state index contributed by atoms with van der Waals surface area (Å²) in [6, 6.07) is 5.74. The zero-order chi connectivity index (χ0) is 18.4. The van der Waals surface area contributed by atoms with Crippen LogP contribution >= 0.6 is 15.9 Å².